The Morgan fingerprint density at radius 1 is 0.948 bits per heavy atom. The molecule has 314 valence electrons. The van der Waals surface area contributed by atoms with E-state index in [0.717, 1.165) is 45.0 Å². The summed E-state index contributed by atoms with van der Waals surface area (Å²) in [4.78, 5) is 51.7. The number of unbranched alkanes of at least 4 members (excludes halogenated alkanes) is 1. The lowest BCUT2D eigenvalue weighted by atomic mass is 9.87. The topological polar surface area (TPSA) is 173 Å². The van der Waals surface area contributed by atoms with Gasteiger partial charge in [-0.3, -0.25) is 4.79 Å². The second-order valence-corrected chi connectivity index (χ2v) is 13.4. The van der Waals surface area contributed by atoms with Crippen LogP contribution in [0, 0.1) is 22.0 Å². The van der Waals surface area contributed by atoms with Crippen LogP contribution < -0.4 is 19.5 Å². The second-order valence-electron chi connectivity index (χ2n) is 13.0. The minimum Gasteiger partial charge on any atom is -0.493 e. The number of nitrogens with one attached hydrogen (secondary N) is 1. The van der Waals surface area contributed by atoms with Gasteiger partial charge in [0.2, 0.25) is 5.91 Å². The van der Waals surface area contributed by atoms with Gasteiger partial charge in [0.25, 0.3) is 5.09 Å². The Morgan fingerprint density at radius 2 is 1.69 bits per heavy atom. The van der Waals surface area contributed by atoms with E-state index in [9.17, 15) is 24.5 Å². The van der Waals surface area contributed by atoms with Gasteiger partial charge in [0.05, 0.1) is 13.7 Å². The Morgan fingerprint density at radius 3 is 2.38 bits per heavy atom. The standard InChI is InChI=1S/C43H51ClN2O10.CH4O/c1-4-12-36(14-9-10-26-53-38-16-11-15-37(44)28-38)32(2)13-7-5-6-8-17-41(47)45-29-43(49)56-39-24-22-33(27-40(39)52-3)23-25-42(48)54-30-34-18-20-35(21-19-34)31-55-46(50)51;1-2/h5,7,9,11,14-16,18-25,27-28,32,36H,4,6,8,10,12-13,17,26,29-31H2,1-3H3,(H,45,47);2H,1H3/b7-5-,14-9+,25-23+;. The molecule has 3 aromatic carbocycles. The van der Waals surface area contributed by atoms with E-state index in [-0.39, 0.29) is 43.6 Å². The van der Waals surface area contributed by atoms with E-state index in [4.69, 9.17) is 35.7 Å². The predicted octanol–water partition coefficient (Wildman–Crippen LogP) is 8.64. The smallest absolute Gasteiger partial charge is 0.331 e. The molecule has 0 aromatic heterocycles. The maximum absolute atomic E-state index is 12.5. The lowest BCUT2D eigenvalue weighted by Crippen LogP contribution is -2.31. The Labute approximate surface area is 345 Å². The van der Waals surface area contributed by atoms with Gasteiger partial charge in [-0.05, 0) is 97.0 Å². The molecular formula is C44H55ClN2O11. The first kappa shape index (κ1) is 48.5. The normalized spacial score (nSPS) is 12.0. The first-order chi connectivity index (χ1) is 28.1. The molecule has 0 spiro atoms. The zero-order chi connectivity index (χ0) is 42.5. The van der Waals surface area contributed by atoms with E-state index >= 15 is 0 Å². The molecule has 58 heavy (non-hydrogen) atoms. The third-order valence-corrected chi connectivity index (χ3v) is 8.76. The van der Waals surface area contributed by atoms with Crippen LogP contribution in [0.2, 0.25) is 5.02 Å². The number of benzene rings is 3. The number of allylic oxidation sites excluding steroid dienone is 3. The van der Waals surface area contributed by atoms with E-state index in [1.54, 1.807) is 36.4 Å². The van der Waals surface area contributed by atoms with Gasteiger partial charge in [0, 0.05) is 24.6 Å². The van der Waals surface area contributed by atoms with Crippen LogP contribution in [0.5, 0.6) is 17.2 Å². The summed E-state index contributed by atoms with van der Waals surface area (Å²) in [6, 6.07) is 18.8. The minimum absolute atomic E-state index is 0.00814. The molecule has 13 nitrogen and oxygen atoms in total. The van der Waals surface area contributed by atoms with Crippen LogP contribution in [0.4, 0.5) is 0 Å². The fourth-order valence-corrected chi connectivity index (χ4v) is 5.66. The fraction of sp³-hybridized carbons (Fsp3) is 0.386. The number of carbonyl (C=O) groups is 3. The van der Waals surface area contributed by atoms with E-state index in [0.29, 0.717) is 46.6 Å². The molecule has 0 aliphatic heterocycles. The minimum atomic E-state index is -0.864. The van der Waals surface area contributed by atoms with Crippen molar-refractivity contribution in [1.82, 2.24) is 5.32 Å². The molecule has 14 heteroatoms. The average Bonchev–Trinajstić information content (AvgIpc) is 3.22. The number of aliphatic hydroxyl groups excluding tert-OH is 1. The summed E-state index contributed by atoms with van der Waals surface area (Å²) in [5.41, 5.74) is 1.90. The van der Waals surface area contributed by atoms with Crippen molar-refractivity contribution >= 4 is 35.5 Å². The van der Waals surface area contributed by atoms with Crippen molar-refractivity contribution in [3.05, 3.63) is 129 Å². The summed E-state index contributed by atoms with van der Waals surface area (Å²) in [5, 5.41) is 19.7. The Hall–Kier alpha value is -5.66. The molecule has 2 unspecified atom stereocenters. The van der Waals surface area contributed by atoms with Gasteiger partial charge in [0.1, 0.15) is 25.5 Å². The maximum atomic E-state index is 12.5. The molecule has 0 radical (unpaired) electrons. The van der Waals surface area contributed by atoms with Crippen LogP contribution in [0.1, 0.15) is 75.5 Å². The van der Waals surface area contributed by atoms with Crippen LogP contribution in [0.3, 0.4) is 0 Å². The quantitative estimate of drug-likeness (QED) is 0.0159. The highest BCUT2D eigenvalue weighted by atomic mass is 35.5. The van der Waals surface area contributed by atoms with Crippen LogP contribution in [-0.2, 0) is 37.2 Å². The summed E-state index contributed by atoms with van der Waals surface area (Å²) in [6.07, 6.45) is 17.3. The third kappa shape index (κ3) is 20.5. The van der Waals surface area contributed by atoms with E-state index in [1.165, 1.54) is 25.3 Å². The highest BCUT2D eigenvalue weighted by Gasteiger charge is 2.14. The number of hydrogen-bond donors (Lipinski definition) is 2. The van der Waals surface area contributed by atoms with Gasteiger partial charge in [-0.25, -0.2) is 9.59 Å². The predicted molar refractivity (Wildman–Crippen MR) is 223 cm³/mol. The summed E-state index contributed by atoms with van der Waals surface area (Å²) < 4.78 is 21.8. The van der Waals surface area contributed by atoms with Crippen molar-refractivity contribution in [3.8, 4) is 17.2 Å². The molecule has 0 aliphatic carbocycles. The summed E-state index contributed by atoms with van der Waals surface area (Å²) >= 11 is 6.02. The van der Waals surface area contributed by atoms with E-state index < -0.39 is 17.0 Å². The van der Waals surface area contributed by atoms with Crippen molar-refractivity contribution in [2.75, 3.05) is 27.4 Å². The van der Waals surface area contributed by atoms with Crippen molar-refractivity contribution in [1.29, 1.82) is 0 Å². The van der Waals surface area contributed by atoms with Gasteiger partial charge < -0.3 is 34.2 Å². The molecule has 0 heterocycles. The lowest BCUT2D eigenvalue weighted by molar-refractivity contribution is -0.763. The van der Waals surface area contributed by atoms with Crippen molar-refractivity contribution in [2.24, 2.45) is 11.8 Å². The highest BCUT2D eigenvalue weighted by Crippen LogP contribution is 2.29. The van der Waals surface area contributed by atoms with Crippen molar-refractivity contribution in [2.45, 2.75) is 72.0 Å². The number of rotatable bonds is 25. The third-order valence-electron chi connectivity index (χ3n) is 8.53. The van der Waals surface area contributed by atoms with Gasteiger partial charge in [-0.1, -0.05) is 92.6 Å². The molecule has 0 aliphatic rings. The molecule has 0 bridgehead atoms. The van der Waals surface area contributed by atoms with E-state index in [2.05, 4.69) is 48.3 Å². The van der Waals surface area contributed by atoms with Gasteiger partial charge in [-0.2, -0.15) is 0 Å². The molecule has 2 N–H and O–H groups in total. The number of ether oxygens (including phenoxy) is 4. The number of esters is 2. The zero-order valence-electron chi connectivity index (χ0n) is 33.6. The first-order valence-electron chi connectivity index (χ1n) is 19.1. The molecule has 3 rings (SSSR count). The van der Waals surface area contributed by atoms with Crippen molar-refractivity contribution in [3.63, 3.8) is 0 Å². The fourth-order valence-electron chi connectivity index (χ4n) is 5.48. The largest absolute Gasteiger partial charge is 0.493 e. The number of hydrogen-bond acceptors (Lipinski definition) is 11. The Kier molecular flexibility index (Phi) is 24.0. The average molecular weight is 823 g/mol. The van der Waals surface area contributed by atoms with Gasteiger partial charge in [0.15, 0.2) is 11.5 Å². The molecular weight excluding hydrogens is 768 g/mol. The second kappa shape index (κ2) is 28.7. The number of amides is 1. The summed E-state index contributed by atoms with van der Waals surface area (Å²) in [7, 11) is 2.42. The Balaban J connectivity index is 0.00000571. The van der Waals surface area contributed by atoms with E-state index in [1.807, 2.05) is 24.3 Å². The zero-order valence-corrected chi connectivity index (χ0v) is 34.4. The molecule has 2 atom stereocenters. The molecule has 0 fully saturated rings. The SMILES string of the molecule is CCCC(/C=C/CCOc1cccc(Cl)c1)C(C)C/C=C\CCCC(=O)NCC(=O)Oc1ccc(/C=C/C(=O)OCc2ccc(CO[N+](=O)[O-])cc2)cc1OC.CO. The number of aliphatic hydroxyl groups is 1. The first-order valence-corrected chi connectivity index (χ1v) is 19.4. The monoisotopic (exact) mass is 822 g/mol. The van der Waals surface area contributed by atoms with Gasteiger partial charge >= 0.3 is 11.9 Å². The molecule has 0 saturated heterocycles. The number of methoxy groups -OCH3 is 1. The number of carbonyl (C=O) groups excluding carboxylic acids is 3. The van der Waals surface area contributed by atoms with Gasteiger partial charge in [-0.15, -0.1) is 10.1 Å². The number of nitrogens with zero attached hydrogens (tertiary/aromatic N) is 1. The van der Waals surface area contributed by atoms with Crippen LogP contribution in [-0.4, -0.2) is 55.4 Å². The maximum Gasteiger partial charge on any atom is 0.331 e. The van der Waals surface area contributed by atoms with Crippen LogP contribution >= 0.6 is 11.6 Å². The summed E-state index contributed by atoms with van der Waals surface area (Å²) in [6.45, 7) is 4.61. The lowest BCUT2D eigenvalue weighted by Gasteiger charge is -2.19. The number of halogens is 1. The summed E-state index contributed by atoms with van der Waals surface area (Å²) in [5.74, 6) is 0.680. The highest BCUT2D eigenvalue weighted by molar-refractivity contribution is 6.30. The molecule has 3 aromatic rings. The molecule has 1 amide bonds. The Bertz CT molecular complexity index is 1790. The van der Waals surface area contributed by atoms with Crippen LogP contribution in [0.15, 0.2) is 97.1 Å². The van der Waals surface area contributed by atoms with Crippen molar-refractivity contribution < 1.29 is 48.4 Å². The van der Waals surface area contributed by atoms with Crippen LogP contribution in [0.25, 0.3) is 6.08 Å². The molecule has 0 saturated carbocycles.